The van der Waals surface area contributed by atoms with Crippen molar-refractivity contribution in [3.05, 3.63) is 40.1 Å². The third-order valence-electron chi connectivity index (χ3n) is 4.18. The van der Waals surface area contributed by atoms with Crippen LogP contribution in [0.5, 0.6) is 5.75 Å². The van der Waals surface area contributed by atoms with Crippen LogP contribution < -0.4 is 15.4 Å². The number of allylic oxidation sites excluding steroid dienone is 1. The Morgan fingerprint density at radius 2 is 2.00 bits per heavy atom. The van der Waals surface area contributed by atoms with E-state index in [-0.39, 0.29) is 12.6 Å². The second-order valence-corrected chi connectivity index (χ2v) is 6.69. The van der Waals surface area contributed by atoms with Gasteiger partial charge in [0.2, 0.25) is 0 Å². The first-order valence-corrected chi connectivity index (χ1v) is 9.79. The van der Waals surface area contributed by atoms with Gasteiger partial charge in [-0.1, -0.05) is 37.9 Å². The summed E-state index contributed by atoms with van der Waals surface area (Å²) in [5, 5.41) is 6.01. The number of hydrogen-bond acceptors (Lipinski definition) is 4. The van der Waals surface area contributed by atoms with Crippen molar-refractivity contribution < 1.29 is 19.1 Å². The molecule has 1 aromatic rings. The molecule has 1 aromatic carbocycles. The minimum atomic E-state index is -0.623. The smallest absolute Gasteiger partial charge is 0.338 e. The highest BCUT2D eigenvalue weighted by atomic mass is 35.5. The summed E-state index contributed by atoms with van der Waals surface area (Å²) in [6.07, 6.45) is 3.28. The van der Waals surface area contributed by atoms with Crippen molar-refractivity contribution in [2.45, 2.75) is 52.5 Å². The zero-order chi connectivity index (χ0) is 19.8. The molecule has 0 radical (unpaired) electrons. The van der Waals surface area contributed by atoms with Crippen LogP contribution in [0.25, 0.3) is 0 Å². The monoisotopic (exact) mass is 394 g/mol. The van der Waals surface area contributed by atoms with Gasteiger partial charge in [0, 0.05) is 5.70 Å². The maximum Gasteiger partial charge on any atom is 0.338 e. The summed E-state index contributed by atoms with van der Waals surface area (Å²) < 4.78 is 10.8. The molecule has 0 saturated heterocycles. The summed E-state index contributed by atoms with van der Waals surface area (Å²) in [5.41, 5.74) is 1.73. The molecular formula is C20H27ClN2O4. The third kappa shape index (κ3) is 5.39. The number of benzene rings is 1. The largest absolute Gasteiger partial charge is 0.492 e. The van der Waals surface area contributed by atoms with Crippen LogP contribution >= 0.6 is 11.6 Å². The molecule has 148 valence electrons. The van der Waals surface area contributed by atoms with Crippen molar-refractivity contribution in [3.63, 3.8) is 0 Å². The predicted molar refractivity (Wildman–Crippen MR) is 105 cm³/mol. The van der Waals surface area contributed by atoms with E-state index in [1.807, 2.05) is 13.0 Å². The van der Waals surface area contributed by atoms with E-state index in [0.717, 1.165) is 19.3 Å². The first kappa shape index (κ1) is 21.1. The maximum absolute atomic E-state index is 12.6. The number of carbonyl (C=O) groups is 2. The van der Waals surface area contributed by atoms with E-state index in [4.69, 9.17) is 21.1 Å². The summed E-state index contributed by atoms with van der Waals surface area (Å²) in [6.45, 7) is 6.65. The summed E-state index contributed by atoms with van der Waals surface area (Å²) >= 11 is 6.34. The van der Waals surface area contributed by atoms with Crippen LogP contribution in [-0.4, -0.2) is 25.2 Å². The number of unbranched alkanes of at least 4 members (excludes halogenated alkanes) is 1. The molecule has 2 amide bonds. The fourth-order valence-electron chi connectivity index (χ4n) is 2.89. The van der Waals surface area contributed by atoms with Crippen LogP contribution in [0, 0.1) is 0 Å². The summed E-state index contributed by atoms with van der Waals surface area (Å²) in [7, 11) is 0. The van der Waals surface area contributed by atoms with E-state index in [2.05, 4.69) is 17.6 Å². The second kappa shape index (κ2) is 10.2. The predicted octanol–water partition coefficient (Wildman–Crippen LogP) is 4.49. The molecule has 27 heavy (non-hydrogen) atoms. The third-order valence-corrected chi connectivity index (χ3v) is 4.48. The highest BCUT2D eigenvalue weighted by molar-refractivity contribution is 6.32. The minimum absolute atomic E-state index is 0.259. The zero-order valence-corrected chi connectivity index (χ0v) is 16.8. The molecule has 1 atom stereocenters. The number of amides is 2. The van der Waals surface area contributed by atoms with Gasteiger partial charge in [-0.05, 0) is 43.9 Å². The minimum Gasteiger partial charge on any atom is -0.492 e. The fourth-order valence-corrected chi connectivity index (χ4v) is 3.14. The second-order valence-electron chi connectivity index (χ2n) is 6.29. The standard InChI is InChI=1S/C20H27ClN2O4/c1-4-7-8-15-17(19(24)26-6-3)18(23-20(25)22-15)13-9-10-16(14(21)12-13)27-11-5-2/h9-10,12,18H,4-8,11H2,1-3H3,(H2,22,23,25). The van der Waals surface area contributed by atoms with Gasteiger partial charge in [-0.25, -0.2) is 9.59 Å². The number of rotatable bonds is 9. The lowest BCUT2D eigenvalue weighted by Crippen LogP contribution is -2.46. The first-order chi connectivity index (χ1) is 13.0. The Hall–Kier alpha value is -2.21. The van der Waals surface area contributed by atoms with Gasteiger partial charge >= 0.3 is 12.0 Å². The molecule has 2 rings (SSSR count). The number of esters is 1. The quantitative estimate of drug-likeness (QED) is 0.605. The average Bonchev–Trinajstić information content (AvgIpc) is 2.64. The van der Waals surface area contributed by atoms with Gasteiger partial charge < -0.3 is 20.1 Å². The van der Waals surface area contributed by atoms with Crippen LogP contribution in [-0.2, 0) is 9.53 Å². The number of urea groups is 1. The topological polar surface area (TPSA) is 76.7 Å². The van der Waals surface area contributed by atoms with E-state index in [0.29, 0.717) is 40.6 Å². The van der Waals surface area contributed by atoms with Crippen LogP contribution in [0.1, 0.15) is 58.1 Å². The Balaban J connectivity index is 2.42. The molecule has 1 unspecified atom stereocenters. The van der Waals surface area contributed by atoms with Crippen LogP contribution in [0.4, 0.5) is 4.79 Å². The molecule has 6 nitrogen and oxygen atoms in total. The van der Waals surface area contributed by atoms with Crippen LogP contribution in [0.3, 0.4) is 0 Å². The number of carbonyl (C=O) groups excluding carboxylic acids is 2. The first-order valence-electron chi connectivity index (χ1n) is 9.41. The Morgan fingerprint density at radius 1 is 1.22 bits per heavy atom. The Labute approximate surface area is 165 Å². The lowest BCUT2D eigenvalue weighted by atomic mass is 9.93. The van der Waals surface area contributed by atoms with E-state index >= 15 is 0 Å². The number of halogens is 1. The van der Waals surface area contributed by atoms with Gasteiger partial charge in [-0.15, -0.1) is 0 Å². The average molecular weight is 395 g/mol. The molecule has 1 aliphatic heterocycles. The maximum atomic E-state index is 12.6. The molecule has 1 heterocycles. The molecule has 0 bridgehead atoms. The fraction of sp³-hybridized carbons (Fsp3) is 0.500. The number of ether oxygens (including phenoxy) is 2. The normalized spacial score (nSPS) is 16.6. The summed E-state index contributed by atoms with van der Waals surface area (Å²) in [5.74, 6) is 0.138. The van der Waals surface area contributed by atoms with Gasteiger partial charge in [-0.3, -0.25) is 0 Å². The highest BCUT2D eigenvalue weighted by Crippen LogP contribution is 2.34. The highest BCUT2D eigenvalue weighted by Gasteiger charge is 2.33. The van der Waals surface area contributed by atoms with Crippen LogP contribution in [0.2, 0.25) is 5.02 Å². The van der Waals surface area contributed by atoms with E-state index in [1.54, 1.807) is 19.1 Å². The number of nitrogens with one attached hydrogen (secondary N) is 2. The van der Waals surface area contributed by atoms with E-state index in [9.17, 15) is 9.59 Å². The van der Waals surface area contributed by atoms with Gasteiger partial charge in [-0.2, -0.15) is 0 Å². The lowest BCUT2D eigenvalue weighted by molar-refractivity contribution is -0.139. The SMILES string of the molecule is CCCCC1=C(C(=O)OCC)C(c2ccc(OCCC)c(Cl)c2)NC(=O)N1. The molecule has 0 saturated carbocycles. The molecule has 0 spiro atoms. The Bertz CT molecular complexity index is 718. The van der Waals surface area contributed by atoms with Gasteiger partial charge in [0.15, 0.2) is 0 Å². The van der Waals surface area contributed by atoms with Gasteiger partial charge in [0.25, 0.3) is 0 Å². The molecular weight excluding hydrogens is 368 g/mol. The van der Waals surface area contributed by atoms with Gasteiger partial charge in [0.1, 0.15) is 5.75 Å². The van der Waals surface area contributed by atoms with Crippen LogP contribution in [0.15, 0.2) is 29.5 Å². The Kier molecular flexibility index (Phi) is 7.98. The van der Waals surface area contributed by atoms with E-state index in [1.165, 1.54) is 0 Å². The van der Waals surface area contributed by atoms with Crippen molar-refractivity contribution >= 4 is 23.6 Å². The molecule has 0 aliphatic carbocycles. The van der Waals surface area contributed by atoms with Crippen molar-refractivity contribution in [2.75, 3.05) is 13.2 Å². The molecule has 2 N–H and O–H groups in total. The Morgan fingerprint density at radius 3 is 2.63 bits per heavy atom. The molecule has 0 fully saturated rings. The lowest BCUT2D eigenvalue weighted by Gasteiger charge is -2.29. The summed E-state index contributed by atoms with van der Waals surface area (Å²) in [6, 6.07) is 4.32. The molecule has 0 aromatic heterocycles. The van der Waals surface area contributed by atoms with Crippen molar-refractivity contribution in [2.24, 2.45) is 0 Å². The van der Waals surface area contributed by atoms with Gasteiger partial charge in [0.05, 0.1) is 29.9 Å². The molecule has 1 aliphatic rings. The number of hydrogen-bond donors (Lipinski definition) is 2. The van der Waals surface area contributed by atoms with Crippen molar-refractivity contribution in [1.82, 2.24) is 10.6 Å². The van der Waals surface area contributed by atoms with E-state index < -0.39 is 12.0 Å². The zero-order valence-electron chi connectivity index (χ0n) is 16.1. The molecule has 7 heteroatoms. The van der Waals surface area contributed by atoms with Crippen molar-refractivity contribution in [1.29, 1.82) is 0 Å². The van der Waals surface area contributed by atoms with Crippen molar-refractivity contribution in [3.8, 4) is 5.75 Å². The summed E-state index contributed by atoms with van der Waals surface area (Å²) in [4.78, 5) is 24.8.